The van der Waals surface area contributed by atoms with Gasteiger partial charge in [0.1, 0.15) is 5.00 Å². The second kappa shape index (κ2) is 6.73. The van der Waals surface area contributed by atoms with Crippen molar-refractivity contribution in [3.8, 4) is 0 Å². The molecule has 126 valence electrons. The molecule has 2 aromatic rings. The van der Waals surface area contributed by atoms with Gasteiger partial charge in [0.05, 0.1) is 16.6 Å². The fourth-order valence-corrected chi connectivity index (χ4v) is 3.80. The monoisotopic (exact) mass is 343 g/mol. The van der Waals surface area contributed by atoms with Gasteiger partial charge in [-0.05, 0) is 30.9 Å². The number of aromatic nitrogens is 1. The molecule has 2 heterocycles. The lowest BCUT2D eigenvalue weighted by Gasteiger charge is -2.10. The zero-order valence-electron chi connectivity index (χ0n) is 14.1. The van der Waals surface area contributed by atoms with Crippen LogP contribution < -0.4 is 10.6 Å². The van der Waals surface area contributed by atoms with Crippen molar-refractivity contribution in [3.63, 3.8) is 0 Å². The van der Waals surface area contributed by atoms with Crippen molar-refractivity contribution in [3.05, 3.63) is 40.5 Å². The fourth-order valence-electron chi connectivity index (χ4n) is 2.93. The van der Waals surface area contributed by atoms with Gasteiger partial charge < -0.3 is 10.6 Å². The SMILES string of the molecule is Cc1nc(CC(C)C)c(NC(=O)CC2C(=O)Nc3ccccc32)s1. The number of para-hydroxylation sites is 1. The van der Waals surface area contributed by atoms with Gasteiger partial charge in [0.25, 0.3) is 0 Å². The lowest BCUT2D eigenvalue weighted by molar-refractivity contribution is -0.122. The molecular formula is C18H21N3O2S. The minimum Gasteiger partial charge on any atom is -0.325 e. The van der Waals surface area contributed by atoms with E-state index in [1.807, 2.05) is 31.2 Å². The summed E-state index contributed by atoms with van der Waals surface area (Å²) in [4.78, 5) is 29.1. The van der Waals surface area contributed by atoms with Gasteiger partial charge in [-0.2, -0.15) is 0 Å². The molecule has 1 atom stereocenters. The van der Waals surface area contributed by atoms with Crippen LogP contribution >= 0.6 is 11.3 Å². The number of aryl methyl sites for hydroxylation is 1. The van der Waals surface area contributed by atoms with E-state index in [-0.39, 0.29) is 18.2 Å². The van der Waals surface area contributed by atoms with Gasteiger partial charge in [-0.1, -0.05) is 32.0 Å². The van der Waals surface area contributed by atoms with Crippen LogP contribution in [0.5, 0.6) is 0 Å². The van der Waals surface area contributed by atoms with Crippen molar-refractivity contribution in [2.45, 2.75) is 39.5 Å². The number of fused-ring (bicyclic) bond motifs is 1. The first-order valence-electron chi connectivity index (χ1n) is 8.10. The Hall–Kier alpha value is -2.21. The smallest absolute Gasteiger partial charge is 0.232 e. The average molecular weight is 343 g/mol. The van der Waals surface area contributed by atoms with E-state index in [1.54, 1.807) is 0 Å². The van der Waals surface area contributed by atoms with Crippen molar-refractivity contribution in [2.24, 2.45) is 5.92 Å². The highest BCUT2D eigenvalue weighted by Crippen LogP contribution is 2.35. The second-order valence-corrected chi connectivity index (χ2v) is 7.69. The third-order valence-electron chi connectivity index (χ3n) is 3.96. The summed E-state index contributed by atoms with van der Waals surface area (Å²) in [7, 11) is 0. The summed E-state index contributed by atoms with van der Waals surface area (Å²) in [5.41, 5.74) is 2.62. The Morgan fingerprint density at radius 1 is 1.38 bits per heavy atom. The van der Waals surface area contributed by atoms with Gasteiger partial charge in [-0.3, -0.25) is 9.59 Å². The van der Waals surface area contributed by atoms with E-state index in [2.05, 4.69) is 29.5 Å². The summed E-state index contributed by atoms with van der Waals surface area (Å²) >= 11 is 1.49. The number of hydrogen-bond donors (Lipinski definition) is 2. The molecule has 0 radical (unpaired) electrons. The Morgan fingerprint density at radius 3 is 2.88 bits per heavy atom. The van der Waals surface area contributed by atoms with E-state index in [0.717, 1.165) is 33.4 Å². The maximum absolute atomic E-state index is 12.5. The van der Waals surface area contributed by atoms with Crippen LogP contribution in [-0.2, 0) is 16.0 Å². The molecule has 1 aromatic carbocycles. The van der Waals surface area contributed by atoms with Crippen molar-refractivity contribution >= 4 is 33.8 Å². The third kappa shape index (κ3) is 3.48. The van der Waals surface area contributed by atoms with Crippen LogP contribution in [0.4, 0.5) is 10.7 Å². The zero-order chi connectivity index (χ0) is 17.3. The molecule has 1 aromatic heterocycles. The summed E-state index contributed by atoms with van der Waals surface area (Å²) in [5.74, 6) is -0.229. The van der Waals surface area contributed by atoms with Crippen molar-refractivity contribution in [1.29, 1.82) is 0 Å². The summed E-state index contributed by atoms with van der Waals surface area (Å²) in [6.07, 6.45) is 0.966. The van der Waals surface area contributed by atoms with E-state index in [0.29, 0.717) is 5.92 Å². The number of rotatable bonds is 5. The minimum atomic E-state index is -0.427. The molecule has 2 amide bonds. The van der Waals surface area contributed by atoms with Gasteiger partial charge in [0, 0.05) is 12.1 Å². The lowest BCUT2D eigenvalue weighted by atomic mass is 9.97. The molecule has 3 rings (SSSR count). The van der Waals surface area contributed by atoms with E-state index in [1.165, 1.54) is 11.3 Å². The van der Waals surface area contributed by atoms with Crippen LogP contribution in [0.1, 0.15) is 42.5 Å². The van der Waals surface area contributed by atoms with Crippen molar-refractivity contribution in [1.82, 2.24) is 4.98 Å². The van der Waals surface area contributed by atoms with Gasteiger partial charge in [0.2, 0.25) is 11.8 Å². The lowest BCUT2D eigenvalue weighted by Crippen LogP contribution is -2.20. The van der Waals surface area contributed by atoms with Crippen LogP contribution in [0.25, 0.3) is 0 Å². The average Bonchev–Trinajstić information content (AvgIpc) is 2.99. The van der Waals surface area contributed by atoms with Gasteiger partial charge in [-0.15, -0.1) is 11.3 Å². The number of carbonyl (C=O) groups excluding carboxylic acids is 2. The van der Waals surface area contributed by atoms with Crippen LogP contribution in [0.3, 0.4) is 0 Å². The van der Waals surface area contributed by atoms with Crippen LogP contribution in [0.2, 0.25) is 0 Å². The van der Waals surface area contributed by atoms with E-state index in [9.17, 15) is 9.59 Å². The zero-order valence-corrected chi connectivity index (χ0v) is 14.9. The number of hydrogen-bond acceptors (Lipinski definition) is 4. The largest absolute Gasteiger partial charge is 0.325 e. The highest BCUT2D eigenvalue weighted by atomic mass is 32.1. The molecule has 5 nitrogen and oxygen atoms in total. The molecular weight excluding hydrogens is 322 g/mol. The number of anilines is 2. The van der Waals surface area contributed by atoms with E-state index >= 15 is 0 Å². The maximum atomic E-state index is 12.5. The number of carbonyl (C=O) groups is 2. The summed E-state index contributed by atoms with van der Waals surface area (Å²) in [6, 6.07) is 7.52. The first kappa shape index (κ1) is 16.6. The summed E-state index contributed by atoms with van der Waals surface area (Å²) in [5, 5.41) is 7.52. The van der Waals surface area contributed by atoms with Gasteiger partial charge in [0.15, 0.2) is 0 Å². The quantitative estimate of drug-likeness (QED) is 0.869. The molecule has 0 fully saturated rings. The molecule has 0 spiro atoms. The Kier molecular flexibility index (Phi) is 4.66. The fraction of sp³-hybridized carbons (Fsp3) is 0.389. The highest BCUT2D eigenvalue weighted by Gasteiger charge is 2.32. The normalized spacial score (nSPS) is 16.2. The van der Waals surface area contributed by atoms with Crippen LogP contribution in [0.15, 0.2) is 24.3 Å². The molecule has 0 saturated heterocycles. The van der Waals surface area contributed by atoms with Crippen molar-refractivity contribution < 1.29 is 9.59 Å². The second-order valence-electron chi connectivity index (χ2n) is 6.49. The van der Waals surface area contributed by atoms with E-state index in [4.69, 9.17) is 0 Å². The number of amides is 2. The summed E-state index contributed by atoms with van der Waals surface area (Å²) in [6.45, 7) is 6.19. The Labute approximate surface area is 145 Å². The highest BCUT2D eigenvalue weighted by molar-refractivity contribution is 7.16. The topological polar surface area (TPSA) is 71.1 Å². The predicted molar refractivity (Wildman–Crippen MR) is 96.5 cm³/mol. The molecule has 0 saturated carbocycles. The molecule has 6 heteroatoms. The number of nitrogens with zero attached hydrogens (tertiary/aromatic N) is 1. The molecule has 0 aliphatic carbocycles. The first-order valence-corrected chi connectivity index (χ1v) is 8.91. The number of thiazole rings is 1. The standard InChI is InChI=1S/C18H21N3O2S/c1-10(2)8-15-18(24-11(3)19-15)21-16(22)9-13-12-6-4-5-7-14(12)20-17(13)23/h4-7,10,13H,8-9H2,1-3H3,(H,20,23)(H,21,22). The summed E-state index contributed by atoms with van der Waals surface area (Å²) < 4.78 is 0. The molecule has 24 heavy (non-hydrogen) atoms. The predicted octanol–water partition coefficient (Wildman–Crippen LogP) is 3.71. The van der Waals surface area contributed by atoms with Crippen LogP contribution in [-0.4, -0.2) is 16.8 Å². The van der Waals surface area contributed by atoms with Gasteiger partial charge in [-0.25, -0.2) is 4.98 Å². The molecule has 1 unspecified atom stereocenters. The molecule has 1 aliphatic rings. The first-order chi connectivity index (χ1) is 11.4. The minimum absolute atomic E-state index is 0.116. The van der Waals surface area contributed by atoms with Gasteiger partial charge >= 0.3 is 0 Å². The molecule has 2 N–H and O–H groups in total. The third-order valence-corrected chi connectivity index (χ3v) is 4.89. The molecule has 1 aliphatic heterocycles. The van der Waals surface area contributed by atoms with E-state index < -0.39 is 5.92 Å². The number of nitrogens with one attached hydrogen (secondary N) is 2. The van der Waals surface area contributed by atoms with Crippen LogP contribution in [0, 0.1) is 12.8 Å². The maximum Gasteiger partial charge on any atom is 0.232 e. The Balaban J connectivity index is 1.72. The van der Waals surface area contributed by atoms with Crippen molar-refractivity contribution in [2.75, 3.05) is 10.6 Å². The number of benzene rings is 1. The Morgan fingerprint density at radius 2 is 2.12 bits per heavy atom. The Bertz CT molecular complexity index is 782. The molecule has 0 bridgehead atoms.